The second kappa shape index (κ2) is 5.15. The molecule has 1 heterocycles. The average Bonchev–Trinajstić information content (AvgIpc) is 3.05. The number of nitrogens with zero attached hydrogens (tertiary/aromatic N) is 1. The third-order valence-corrected chi connectivity index (χ3v) is 3.39. The van der Waals surface area contributed by atoms with Gasteiger partial charge in [0.15, 0.2) is 0 Å². The summed E-state index contributed by atoms with van der Waals surface area (Å²) in [5.41, 5.74) is 0. The molecule has 2 aliphatic rings. The fourth-order valence-electron chi connectivity index (χ4n) is 2.15. The van der Waals surface area contributed by atoms with Gasteiger partial charge in [-0.15, -0.1) is 0 Å². The summed E-state index contributed by atoms with van der Waals surface area (Å²) in [6.45, 7) is 6.30. The molecule has 1 saturated carbocycles. The Hall–Kier alpha value is -0.610. The average molecular weight is 226 g/mol. The van der Waals surface area contributed by atoms with Crippen LogP contribution < -0.4 is 5.32 Å². The van der Waals surface area contributed by atoms with Gasteiger partial charge in [-0.25, -0.2) is 0 Å². The van der Waals surface area contributed by atoms with Crippen LogP contribution in [0.3, 0.4) is 0 Å². The molecular formula is C12H22N2O2. The molecule has 1 saturated heterocycles. The minimum atomic E-state index is -0.0339. The molecule has 2 fully saturated rings. The molecular weight excluding hydrogens is 204 g/mol. The summed E-state index contributed by atoms with van der Waals surface area (Å²) in [6, 6.07) is -0.0339. The van der Waals surface area contributed by atoms with Crippen LogP contribution in [0.5, 0.6) is 0 Å². The van der Waals surface area contributed by atoms with Crippen LogP contribution in [0, 0.1) is 5.92 Å². The van der Waals surface area contributed by atoms with Crippen molar-refractivity contribution >= 4 is 5.91 Å². The van der Waals surface area contributed by atoms with Crippen LogP contribution in [-0.4, -0.2) is 42.8 Å². The van der Waals surface area contributed by atoms with Gasteiger partial charge in [0.25, 0.3) is 0 Å². The molecule has 0 aromatic carbocycles. The summed E-state index contributed by atoms with van der Waals surface area (Å²) >= 11 is 0. The molecule has 16 heavy (non-hydrogen) atoms. The summed E-state index contributed by atoms with van der Waals surface area (Å²) in [7, 11) is 0. The zero-order chi connectivity index (χ0) is 11.5. The minimum absolute atomic E-state index is 0.0339. The SMILES string of the molecule is CCC1NC(C)C(=O)N1CCOCC1CC1. The van der Waals surface area contributed by atoms with Gasteiger partial charge < -0.3 is 9.64 Å². The van der Waals surface area contributed by atoms with E-state index >= 15 is 0 Å². The Kier molecular flexibility index (Phi) is 3.82. The molecule has 2 rings (SSSR count). The lowest BCUT2D eigenvalue weighted by Gasteiger charge is -2.22. The van der Waals surface area contributed by atoms with Crippen LogP contribution in [0.15, 0.2) is 0 Å². The minimum Gasteiger partial charge on any atom is -0.379 e. The summed E-state index contributed by atoms with van der Waals surface area (Å²) in [5.74, 6) is 1.01. The highest BCUT2D eigenvalue weighted by molar-refractivity contribution is 5.83. The van der Waals surface area contributed by atoms with E-state index in [-0.39, 0.29) is 18.1 Å². The number of rotatable bonds is 6. The van der Waals surface area contributed by atoms with Crippen LogP contribution in [0.25, 0.3) is 0 Å². The molecule has 1 amide bonds. The van der Waals surface area contributed by atoms with Crippen molar-refractivity contribution in [2.75, 3.05) is 19.8 Å². The van der Waals surface area contributed by atoms with Gasteiger partial charge in [-0.1, -0.05) is 6.92 Å². The molecule has 2 atom stereocenters. The predicted octanol–water partition coefficient (Wildman–Crippen LogP) is 0.969. The molecule has 92 valence electrons. The Morgan fingerprint density at radius 2 is 2.25 bits per heavy atom. The number of hydrogen-bond donors (Lipinski definition) is 1. The Balaban J connectivity index is 1.70. The summed E-state index contributed by atoms with van der Waals surface area (Å²) in [4.78, 5) is 13.7. The van der Waals surface area contributed by atoms with E-state index in [9.17, 15) is 4.79 Å². The molecule has 2 unspecified atom stereocenters. The molecule has 0 spiro atoms. The first-order chi connectivity index (χ1) is 7.72. The first kappa shape index (κ1) is 11.9. The van der Waals surface area contributed by atoms with Gasteiger partial charge in [0.2, 0.25) is 5.91 Å². The van der Waals surface area contributed by atoms with Crippen molar-refractivity contribution in [1.29, 1.82) is 0 Å². The zero-order valence-corrected chi connectivity index (χ0v) is 10.2. The van der Waals surface area contributed by atoms with Crippen LogP contribution in [0.4, 0.5) is 0 Å². The largest absolute Gasteiger partial charge is 0.379 e. The maximum absolute atomic E-state index is 11.8. The Morgan fingerprint density at radius 3 is 2.88 bits per heavy atom. The van der Waals surface area contributed by atoms with Crippen LogP contribution in [0.1, 0.15) is 33.1 Å². The van der Waals surface area contributed by atoms with Crippen molar-refractivity contribution < 1.29 is 9.53 Å². The van der Waals surface area contributed by atoms with Crippen molar-refractivity contribution in [3.05, 3.63) is 0 Å². The number of carbonyl (C=O) groups is 1. The molecule has 1 aliphatic heterocycles. The van der Waals surface area contributed by atoms with Gasteiger partial charge in [0, 0.05) is 13.2 Å². The molecule has 0 bridgehead atoms. The Labute approximate surface area is 97.3 Å². The van der Waals surface area contributed by atoms with E-state index in [1.165, 1.54) is 12.8 Å². The first-order valence-corrected chi connectivity index (χ1v) is 6.36. The van der Waals surface area contributed by atoms with Gasteiger partial charge in [0.05, 0.1) is 18.8 Å². The molecule has 0 aromatic heterocycles. The van der Waals surface area contributed by atoms with Crippen molar-refractivity contribution in [2.45, 2.75) is 45.3 Å². The van der Waals surface area contributed by atoms with E-state index in [0.717, 1.165) is 25.5 Å². The Morgan fingerprint density at radius 1 is 1.50 bits per heavy atom. The van der Waals surface area contributed by atoms with Gasteiger partial charge in [-0.05, 0) is 32.1 Å². The van der Waals surface area contributed by atoms with Gasteiger partial charge >= 0.3 is 0 Å². The lowest BCUT2D eigenvalue weighted by atomic mass is 10.3. The number of nitrogens with one attached hydrogen (secondary N) is 1. The number of amides is 1. The van der Waals surface area contributed by atoms with Crippen LogP contribution >= 0.6 is 0 Å². The van der Waals surface area contributed by atoms with Crippen LogP contribution in [0.2, 0.25) is 0 Å². The second-order valence-corrected chi connectivity index (χ2v) is 4.86. The fourth-order valence-corrected chi connectivity index (χ4v) is 2.15. The highest BCUT2D eigenvalue weighted by Crippen LogP contribution is 2.28. The zero-order valence-electron chi connectivity index (χ0n) is 10.2. The van der Waals surface area contributed by atoms with Crippen LogP contribution in [-0.2, 0) is 9.53 Å². The lowest BCUT2D eigenvalue weighted by molar-refractivity contribution is -0.130. The highest BCUT2D eigenvalue weighted by atomic mass is 16.5. The molecule has 0 aromatic rings. The third kappa shape index (κ3) is 2.74. The maximum atomic E-state index is 11.8. The van der Waals surface area contributed by atoms with Gasteiger partial charge in [-0.3, -0.25) is 10.1 Å². The smallest absolute Gasteiger partial charge is 0.240 e. The normalized spacial score (nSPS) is 30.1. The summed E-state index contributed by atoms with van der Waals surface area (Å²) in [6.07, 6.45) is 3.79. The topological polar surface area (TPSA) is 41.6 Å². The highest BCUT2D eigenvalue weighted by Gasteiger charge is 2.34. The molecule has 1 aliphatic carbocycles. The van der Waals surface area contributed by atoms with E-state index in [4.69, 9.17) is 4.74 Å². The van der Waals surface area contributed by atoms with E-state index in [1.54, 1.807) is 0 Å². The monoisotopic (exact) mass is 226 g/mol. The first-order valence-electron chi connectivity index (χ1n) is 6.36. The van der Waals surface area contributed by atoms with Gasteiger partial charge in [-0.2, -0.15) is 0 Å². The predicted molar refractivity (Wildman–Crippen MR) is 61.9 cm³/mol. The summed E-state index contributed by atoms with van der Waals surface area (Å²) in [5, 5.41) is 3.29. The summed E-state index contributed by atoms with van der Waals surface area (Å²) < 4.78 is 5.57. The number of hydrogen-bond acceptors (Lipinski definition) is 3. The third-order valence-electron chi connectivity index (χ3n) is 3.39. The molecule has 0 radical (unpaired) electrons. The van der Waals surface area contributed by atoms with Gasteiger partial charge in [0.1, 0.15) is 0 Å². The Bertz CT molecular complexity index is 253. The lowest BCUT2D eigenvalue weighted by Crippen LogP contribution is -2.39. The van der Waals surface area contributed by atoms with E-state index in [1.807, 2.05) is 11.8 Å². The maximum Gasteiger partial charge on any atom is 0.240 e. The molecule has 4 nitrogen and oxygen atoms in total. The van der Waals surface area contributed by atoms with Crippen molar-refractivity contribution in [3.63, 3.8) is 0 Å². The van der Waals surface area contributed by atoms with E-state index < -0.39 is 0 Å². The van der Waals surface area contributed by atoms with E-state index in [2.05, 4.69) is 12.2 Å². The number of carbonyl (C=O) groups excluding carboxylic acids is 1. The van der Waals surface area contributed by atoms with Crippen molar-refractivity contribution in [3.8, 4) is 0 Å². The number of ether oxygens (including phenoxy) is 1. The van der Waals surface area contributed by atoms with Crippen molar-refractivity contribution in [1.82, 2.24) is 10.2 Å². The molecule has 4 heteroatoms. The quantitative estimate of drug-likeness (QED) is 0.686. The second-order valence-electron chi connectivity index (χ2n) is 4.86. The standard InChI is InChI=1S/C12H22N2O2/c1-3-11-13-9(2)12(15)14(11)6-7-16-8-10-4-5-10/h9-11,13H,3-8H2,1-2H3. The van der Waals surface area contributed by atoms with E-state index in [0.29, 0.717) is 6.61 Å². The fraction of sp³-hybridized carbons (Fsp3) is 0.917. The van der Waals surface area contributed by atoms with Crippen molar-refractivity contribution in [2.24, 2.45) is 5.92 Å². The molecule has 1 N–H and O–H groups in total.